The predicted octanol–water partition coefficient (Wildman–Crippen LogP) is 1.86. The molecule has 2 unspecified atom stereocenters. The number of amides is 2. The lowest BCUT2D eigenvalue weighted by Gasteiger charge is -2.38. The van der Waals surface area contributed by atoms with Gasteiger partial charge in [0.05, 0.1) is 17.2 Å². The molecular formula is C15H21N3O2S. The van der Waals surface area contributed by atoms with Crippen molar-refractivity contribution >= 4 is 23.2 Å². The number of thiazole rings is 1. The summed E-state index contributed by atoms with van der Waals surface area (Å²) in [5, 5.41) is 5.90. The molecule has 1 N–H and O–H groups in total. The third kappa shape index (κ3) is 2.95. The van der Waals surface area contributed by atoms with Gasteiger partial charge in [-0.2, -0.15) is 0 Å². The summed E-state index contributed by atoms with van der Waals surface area (Å²) >= 11 is 1.58. The minimum atomic E-state index is -0.348. The van der Waals surface area contributed by atoms with E-state index in [1.54, 1.807) is 16.2 Å². The summed E-state index contributed by atoms with van der Waals surface area (Å²) in [5.41, 5.74) is 0.885. The van der Waals surface area contributed by atoms with E-state index in [9.17, 15) is 9.59 Å². The van der Waals surface area contributed by atoms with Gasteiger partial charge < -0.3 is 10.2 Å². The number of hydrogen-bond donors (Lipinski definition) is 1. The van der Waals surface area contributed by atoms with Crippen LogP contribution in [0.1, 0.15) is 43.3 Å². The highest BCUT2D eigenvalue weighted by Gasteiger charge is 2.46. The van der Waals surface area contributed by atoms with Crippen LogP contribution in [0.3, 0.4) is 0 Å². The van der Waals surface area contributed by atoms with Crippen LogP contribution in [0, 0.1) is 12.8 Å². The lowest BCUT2D eigenvalue weighted by atomic mass is 10.0. The molecule has 3 rings (SSSR count). The van der Waals surface area contributed by atoms with Crippen molar-refractivity contribution in [3.05, 3.63) is 16.1 Å². The van der Waals surface area contributed by atoms with Crippen molar-refractivity contribution in [2.45, 2.75) is 58.2 Å². The molecule has 1 aromatic heterocycles. The van der Waals surface area contributed by atoms with Gasteiger partial charge in [-0.05, 0) is 32.1 Å². The van der Waals surface area contributed by atoms with E-state index in [0.717, 1.165) is 30.0 Å². The summed E-state index contributed by atoms with van der Waals surface area (Å²) in [5.74, 6) is 0.408. The van der Waals surface area contributed by atoms with Crippen LogP contribution in [-0.4, -0.2) is 33.8 Å². The van der Waals surface area contributed by atoms with Crippen LogP contribution in [0.15, 0.2) is 5.38 Å². The number of rotatable bonds is 5. The monoisotopic (exact) mass is 307 g/mol. The number of aromatic nitrogens is 1. The summed E-state index contributed by atoms with van der Waals surface area (Å²) < 4.78 is 0. The van der Waals surface area contributed by atoms with Gasteiger partial charge in [-0.15, -0.1) is 11.3 Å². The second-order valence-corrected chi connectivity index (χ2v) is 7.01. The van der Waals surface area contributed by atoms with E-state index in [1.807, 2.05) is 19.2 Å². The number of hydrogen-bond acceptors (Lipinski definition) is 4. The first-order valence-electron chi connectivity index (χ1n) is 7.62. The molecule has 2 atom stereocenters. The fourth-order valence-corrected chi connectivity index (χ4v) is 3.54. The van der Waals surface area contributed by atoms with Gasteiger partial charge in [-0.1, -0.05) is 13.3 Å². The standard InChI is InChI=1S/C15H21N3O2S/c1-3-4-12-14(19)17-13(10-5-6-10)15(20)18(12)7-11-8-21-9(2)16-11/h8,10,12-13H,3-7H2,1-2H3,(H,17,19). The zero-order valence-electron chi connectivity index (χ0n) is 12.5. The molecule has 0 spiro atoms. The van der Waals surface area contributed by atoms with Crippen molar-refractivity contribution in [3.63, 3.8) is 0 Å². The largest absolute Gasteiger partial charge is 0.342 e. The summed E-state index contributed by atoms with van der Waals surface area (Å²) in [6, 6.07) is -0.662. The number of piperazine rings is 1. The Bertz CT molecular complexity index is 553. The third-order valence-corrected chi connectivity index (χ3v) is 5.00. The van der Waals surface area contributed by atoms with Gasteiger partial charge >= 0.3 is 0 Å². The number of nitrogens with zero attached hydrogens (tertiary/aromatic N) is 2. The molecule has 2 heterocycles. The second kappa shape index (κ2) is 5.75. The minimum Gasteiger partial charge on any atom is -0.342 e. The van der Waals surface area contributed by atoms with Crippen LogP contribution < -0.4 is 5.32 Å². The summed E-state index contributed by atoms with van der Waals surface area (Å²) in [6.45, 7) is 4.44. The van der Waals surface area contributed by atoms with Crippen molar-refractivity contribution in [1.29, 1.82) is 0 Å². The number of nitrogens with one attached hydrogen (secondary N) is 1. The summed E-state index contributed by atoms with van der Waals surface area (Å²) in [4.78, 5) is 31.3. The highest BCUT2D eigenvalue weighted by Crippen LogP contribution is 2.35. The van der Waals surface area contributed by atoms with Crippen molar-refractivity contribution in [2.24, 2.45) is 5.92 Å². The highest BCUT2D eigenvalue weighted by molar-refractivity contribution is 7.09. The number of carbonyl (C=O) groups excluding carboxylic acids is 2. The molecule has 1 saturated carbocycles. The highest BCUT2D eigenvalue weighted by atomic mass is 32.1. The Morgan fingerprint density at radius 1 is 1.43 bits per heavy atom. The molecule has 0 bridgehead atoms. The van der Waals surface area contributed by atoms with E-state index < -0.39 is 0 Å². The topological polar surface area (TPSA) is 62.3 Å². The lowest BCUT2D eigenvalue weighted by molar-refractivity contribution is -0.151. The average Bonchev–Trinajstić information content (AvgIpc) is 3.21. The number of aryl methyl sites for hydroxylation is 1. The van der Waals surface area contributed by atoms with Gasteiger partial charge in [0.1, 0.15) is 12.1 Å². The van der Waals surface area contributed by atoms with Gasteiger partial charge in [0.15, 0.2) is 0 Å². The van der Waals surface area contributed by atoms with Crippen molar-refractivity contribution in [3.8, 4) is 0 Å². The minimum absolute atomic E-state index is 0.000279. The second-order valence-electron chi connectivity index (χ2n) is 5.95. The van der Waals surface area contributed by atoms with Crippen LogP contribution in [0.2, 0.25) is 0 Å². The molecule has 0 aromatic carbocycles. The van der Waals surface area contributed by atoms with Crippen molar-refractivity contribution < 1.29 is 9.59 Å². The normalized spacial score (nSPS) is 26.1. The molecule has 1 aliphatic carbocycles. The molecule has 1 aromatic rings. The lowest BCUT2D eigenvalue weighted by Crippen LogP contribution is -2.63. The zero-order valence-corrected chi connectivity index (χ0v) is 13.3. The summed E-state index contributed by atoms with van der Waals surface area (Å²) in [6.07, 6.45) is 3.67. The maximum absolute atomic E-state index is 12.7. The molecule has 2 amide bonds. The van der Waals surface area contributed by atoms with E-state index in [0.29, 0.717) is 18.9 Å². The maximum Gasteiger partial charge on any atom is 0.246 e. The van der Waals surface area contributed by atoms with E-state index in [4.69, 9.17) is 0 Å². The van der Waals surface area contributed by atoms with Crippen LogP contribution in [0.25, 0.3) is 0 Å². The Morgan fingerprint density at radius 3 is 2.76 bits per heavy atom. The first-order valence-corrected chi connectivity index (χ1v) is 8.50. The SMILES string of the molecule is CCCC1C(=O)NC(C2CC2)C(=O)N1Cc1csc(C)n1. The van der Waals surface area contributed by atoms with Crippen LogP contribution in [0.5, 0.6) is 0 Å². The fraction of sp³-hybridized carbons (Fsp3) is 0.667. The molecule has 0 radical (unpaired) electrons. The van der Waals surface area contributed by atoms with E-state index in [1.165, 1.54) is 0 Å². The Hall–Kier alpha value is -1.43. The van der Waals surface area contributed by atoms with Crippen LogP contribution in [-0.2, 0) is 16.1 Å². The third-order valence-electron chi connectivity index (χ3n) is 4.18. The molecule has 2 fully saturated rings. The molecule has 1 saturated heterocycles. The predicted molar refractivity (Wildman–Crippen MR) is 80.8 cm³/mol. The molecule has 114 valence electrons. The Morgan fingerprint density at radius 2 is 2.19 bits per heavy atom. The van der Waals surface area contributed by atoms with Gasteiger partial charge in [0.25, 0.3) is 0 Å². The fourth-order valence-electron chi connectivity index (χ4n) is 2.94. The Labute approximate surface area is 128 Å². The van der Waals surface area contributed by atoms with Gasteiger partial charge in [0, 0.05) is 5.38 Å². The first kappa shape index (κ1) is 14.5. The van der Waals surface area contributed by atoms with Gasteiger partial charge in [0.2, 0.25) is 11.8 Å². The van der Waals surface area contributed by atoms with Gasteiger partial charge in [-0.25, -0.2) is 4.98 Å². The molecular weight excluding hydrogens is 286 g/mol. The molecule has 1 aliphatic heterocycles. The van der Waals surface area contributed by atoms with E-state index >= 15 is 0 Å². The Balaban J connectivity index is 1.82. The molecule has 2 aliphatic rings. The smallest absolute Gasteiger partial charge is 0.246 e. The van der Waals surface area contributed by atoms with Crippen LogP contribution in [0.4, 0.5) is 0 Å². The maximum atomic E-state index is 12.7. The van der Waals surface area contributed by atoms with E-state index in [-0.39, 0.29) is 23.9 Å². The van der Waals surface area contributed by atoms with Gasteiger partial charge in [-0.3, -0.25) is 9.59 Å². The molecule has 21 heavy (non-hydrogen) atoms. The first-order chi connectivity index (χ1) is 10.1. The Kier molecular flexibility index (Phi) is 3.97. The molecule has 6 heteroatoms. The summed E-state index contributed by atoms with van der Waals surface area (Å²) in [7, 11) is 0. The quantitative estimate of drug-likeness (QED) is 0.903. The van der Waals surface area contributed by atoms with Crippen LogP contribution >= 0.6 is 11.3 Å². The molecule has 5 nitrogen and oxygen atoms in total. The van der Waals surface area contributed by atoms with E-state index in [2.05, 4.69) is 10.3 Å². The van der Waals surface area contributed by atoms with Crippen molar-refractivity contribution in [2.75, 3.05) is 0 Å². The number of carbonyl (C=O) groups is 2. The van der Waals surface area contributed by atoms with Crippen molar-refractivity contribution in [1.82, 2.24) is 15.2 Å². The zero-order chi connectivity index (χ0) is 15.0. The average molecular weight is 307 g/mol.